The van der Waals surface area contributed by atoms with Gasteiger partial charge in [0, 0.05) is 125 Å². The van der Waals surface area contributed by atoms with Gasteiger partial charge in [0.25, 0.3) is 0 Å². The molecule has 0 fully saturated rings. The molecule has 0 aliphatic carbocycles. The topological polar surface area (TPSA) is 140 Å². The number of ether oxygens (including phenoxy) is 4. The van der Waals surface area contributed by atoms with Crippen LogP contribution >= 0.6 is 47.0 Å². The number of methoxy groups -OCH3 is 4. The van der Waals surface area contributed by atoms with Crippen LogP contribution < -0.4 is 0 Å². The van der Waals surface area contributed by atoms with E-state index in [2.05, 4.69) is 93.9 Å². The molecule has 4 rings (SSSR count). The molecular formula is C52H80N8O4S4. The average Bonchev–Trinajstić information content (AvgIpc) is 3.37. The van der Waals surface area contributed by atoms with Crippen LogP contribution in [0.2, 0.25) is 0 Å². The van der Waals surface area contributed by atoms with Crippen LogP contribution in [-0.2, 0) is 18.9 Å². The molecule has 0 unspecified atom stereocenters. The summed E-state index contributed by atoms with van der Waals surface area (Å²) in [5.74, 6) is 2.03. The third kappa shape index (κ3) is 33.1. The van der Waals surface area contributed by atoms with Crippen molar-refractivity contribution in [1.82, 2.24) is 39.9 Å². The lowest BCUT2D eigenvalue weighted by molar-refractivity contribution is 0.192. The Morgan fingerprint density at radius 2 is 0.544 bits per heavy atom. The lowest BCUT2D eigenvalue weighted by Crippen LogP contribution is -2.11. The molecule has 0 bridgehead atoms. The van der Waals surface area contributed by atoms with E-state index < -0.39 is 0 Å². The van der Waals surface area contributed by atoms with Gasteiger partial charge in [-0.25, -0.2) is 39.9 Å². The fourth-order valence-corrected chi connectivity index (χ4v) is 10.5. The molecule has 0 N–H and O–H groups in total. The molecule has 4 aromatic heterocycles. The highest BCUT2D eigenvalue weighted by Crippen LogP contribution is 2.30. The van der Waals surface area contributed by atoms with E-state index in [1.807, 2.05) is 48.6 Å². The third-order valence-electron chi connectivity index (χ3n) is 9.98. The molecule has 0 amide bonds. The molecule has 8 atom stereocenters. The number of thioether (sulfide) groups is 4. The molecular weight excluding hydrogens is 929 g/mol. The largest absolute Gasteiger partial charge is 0.385 e. The predicted molar refractivity (Wildman–Crippen MR) is 289 cm³/mol. The summed E-state index contributed by atoms with van der Waals surface area (Å²) < 4.78 is 20.6. The normalized spacial score (nSPS) is 14.2. The molecule has 0 aliphatic heterocycles. The van der Waals surface area contributed by atoms with Crippen molar-refractivity contribution in [3.05, 3.63) is 124 Å². The van der Waals surface area contributed by atoms with Gasteiger partial charge in [-0.05, 0) is 99.3 Å². The number of rotatable bonds is 32. The van der Waals surface area contributed by atoms with Crippen molar-refractivity contribution >= 4 is 47.0 Å². The molecule has 0 saturated carbocycles. The maximum Gasteiger partial charge on any atom is 0.187 e. The van der Waals surface area contributed by atoms with Crippen molar-refractivity contribution < 1.29 is 18.9 Å². The first-order valence-corrected chi connectivity index (χ1v) is 26.8. The van der Waals surface area contributed by atoms with Crippen LogP contribution in [0.15, 0.2) is 145 Å². The monoisotopic (exact) mass is 1010 g/mol. The van der Waals surface area contributed by atoms with E-state index >= 15 is 0 Å². The minimum Gasteiger partial charge on any atom is -0.385 e. The summed E-state index contributed by atoms with van der Waals surface area (Å²) in [7, 11) is 6.94. The van der Waals surface area contributed by atoms with Gasteiger partial charge in [-0.3, -0.25) is 0 Å². The Balaban J connectivity index is 0.000000453. The van der Waals surface area contributed by atoms with E-state index in [-0.39, 0.29) is 0 Å². The summed E-state index contributed by atoms with van der Waals surface area (Å²) in [6, 6.07) is 7.34. The summed E-state index contributed by atoms with van der Waals surface area (Å²) >= 11 is 6.89. The smallest absolute Gasteiger partial charge is 0.187 e. The van der Waals surface area contributed by atoms with Gasteiger partial charge < -0.3 is 18.9 Å². The Morgan fingerprint density at radius 3 is 0.691 bits per heavy atom. The second-order valence-electron chi connectivity index (χ2n) is 16.0. The zero-order valence-corrected chi connectivity index (χ0v) is 45.3. The lowest BCUT2D eigenvalue weighted by Gasteiger charge is -2.17. The van der Waals surface area contributed by atoms with Crippen molar-refractivity contribution in [1.29, 1.82) is 0 Å². The van der Waals surface area contributed by atoms with Gasteiger partial charge in [-0.2, -0.15) is 0 Å². The molecule has 0 radical (unpaired) electrons. The van der Waals surface area contributed by atoms with Crippen LogP contribution in [0, 0.1) is 23.7 Å². The highest BCUT2D eigenvalue weighted by molar-refractivity contribution is 8.00. The van der Waals surface area contributed by atoms with Gasteiger partial charge in [0.1, 0.15) is 0 Å². The molecule has 4 heterocycles. The fraction of sp³-hybridized carbons (Fsp3) is 0.538. The van der Waals surface area contributed by atoms with Crippen LogP contribution in [0.25, 0.3) is 0 Å². The van der Waals surface area contributed by atoms with Crippen molar-refractivity contribution in [3.63, 3.8) is 0 Å². The van der Waals surface area contributed by atoms with Crippen molar-refractivity contribution in [2.24, 2.45) is 23.7 Å². The predicted octanol–water partition coefficient (Wildman–Crippen LogP) is 12.7. The Hall–Kier alpha value is -3.48. The molecule has 0 spiro atoms. The molecule has 376 valence electrons. The second kappa shape index (κ2) is 42.4. The summed E-state index contributed by atoms with van der Waals surface area (Å²) in [6.45, 7) is 27.1. The molecule has 12 nitrogen and oxygen atoms in total. The van der Waals surface area contributed by atoms with Crippen molar-refractivity contribution in [2.75, 3.05) is 54.9 Å². The van der Waals surface area contributed by atoms with Gasteiger partial charge in [0.05, 0.1) is 0 Å². The van der Waals surface area contributed by atoms with E-state index in [1.165, 1.54) is 0 Å². The number of hydrogen-bond donors (Lipinski definition) is 0. The second-order valence-corrected chi connectivity index (χ2v) is 21.1. The summed E-state index contributed by atoms with van der Waals surface area (Å²) in [4.78, 5) is 34.0. The lowest BCUT2D eigenvalue weighted by atomic mass is 10.0. The van der Waals surface area contributed by atoms with Gasteiger partial charge in [-0.15, -0.1) is 26.3 Å². The molecule has 16 heteroatoms. The van der Waals surface area contributed by atoms with E-state index in [0.29, 0.717) is 44.7 Å². The quantitative estimate of drug-likeness (QED) is 0.0260. The number of aromatic nitrogens is 8. The van der Waals surface area contributed by atoms with E-state index in [4.69, 9.17) is 18.9 Å². The van der Waals surface area contributed by atoms with Gasteiger partial charge in [0.2, 0.25) is 0 Å². The van der Waals surface area contributed by atoms with E-state index in [0.717, 1.165) is 98.4 Å². The molecule has 0 aromatic carbocycles. The average molecular weight is 1010 g/mol. The number of hydrogen-bond acceptors (Lipinski definition) is 16. The Kier molecular flexibility index (Phi) is 39.0. The molecule has 4 aromatic rings. The molecule has 68 heavy (non-hydrogen) atoms. The first kappa shape index (κ1) is 62.5. The Labute approximate surface area is 427 Å². The van der Waals surface area contributed by atoms with Crippen LogP contribution in [0.1, 0.15) is 79.1 Å². The van der Waals surface area contributed by atoms with Crippen LogP contribution in [0.5, 0.6) is 0 Å². The van der Waals surface area contributed by atoms with E-state index in [1.54, 1.807) is 125 Å². The van der Waals surface area contributed by atoms with E-state index in [9.17, 15) is 0 Å². The maximum absolute atomic E-state index is 5.15. The van der Waals surface area contributed by atoms with Crippen LogP contribution in [-0.4, -0.2) is 116 Å². The van der Waals surface area contributed by atoms with Gasteiger partial charge in [-0.1, -0.05) is 99.0 Å². The maximum atomic E-state index is 5.15. The SMILES string of the molecule is C=C[C@@H](C)C[C@@H](CCOC)Sc1ncccn1.C=C[C@@H](C)C[C@H](CCOC)Sc1ncccn1.C=C[C@H](C)C[C@@H](CCOC)Sc1ncccn1.C=C[C@H](C)C[C@H](CCOC)Sc1ncccn1. The first-order chi connectivity index (χ1) is 33.0. The van der Waals surface area contributed by atoms with Crippen LogP contribution in [0.4, 0.5) is 0 Å². The van der Waals surface area contributed by atoms with Crippen LogP contribution in [0.3, 0.4) is 0 Å². The summed E-state index contributed by atoms with van der Waals surface area (Å²) in [5, 5.41) is 5.26. The zero-order valence-electron chi connectivity index (χ0n) is 42.0. The minimum absolute atomic E-state index is 0.477. The fourth-order valence-electron chi connectivity index (χ4n) is 5.92. The van der Waals surface area contributed by atoms with Crippen molar-refractivity contribution in [2.45, 2.75) is 121 Å². The Morgan fingerprint density at radius 1 is 0.368 bits per heavy atom. The third-order valence-corrected chi connectivity index (χ3v) is 14.7. The Bertz CT molecular complexity index is 1540. The highest BCUT2D eigenvalue weighted by Gasteiger charge is 2.18. The van der Waals surface area contributed by atoms with Gasteiger partial charge in [0.15, 0.2) is 20.6 Å². The molecule has 0 saturated heterocycles. The minimum atomic E-state index is 0.477. The summed E-state index contributed by atoms with van der Waals surface area (Å²) in [6.07, 6.45) is 30.6. The standard InChI is InChI=1S/4C13H20N2OS/c4*1-4-11(2)10-12(6-9-16-3)17-13-14-7-5-8-15-13/h4*4-5,7-8,11-12H,1,6,9-10H2,2-3H3/t2*11-,12+;2*11-,12-/m1010/s1. The summed E-state index contributed by atoms with van der Waals surface area (Å²) in [5.41, 5.74) is 0. The number of allylic oxidation sites excluding steroid dienone is 4. The van der Waals surface area contributed by atoms with Crippen molar-refractivity contribution in [3.8, 4) is 0 Å². The molecule has 0 aliphatic rings. The first-order valence-electron chi connectivity index (χ1n) is 23.2. The van der Waals surface area contributed by atoms with Gasteiger partial charge >= 0.3 is 0 Å². The zero-order chi connectivity index (χ0) is 50.0. The highest BCUT2D eigenvalue weighted by atomic mass is 32.2. The number of nitrogens with zero attached hydrogens (tertiary/aromatic N) is 8.